The van der Waals surface area contributed by atoms with E-state index in [-0.39, 0.29) is 11.7 Å². The average molecular weight is 303 g/mol. The Morgan fingerprint density at radius 1 is 1.23 bits per heavy atom. The van der Waals surface area contributed by atoms with Crippen molar-refractivity contribution in [3.05, 3.63) is 35.9 Å². The topological polar surface area (TPSA) is 38.8 Å². The van der Waals surface area contributed by atoms with E-state index in [1.165, 1.54) is 12.0 Å². The first-order valence-electron chi connectivity index (χ1n) is 8.24. The molecule has 2 bridgehead atoms. The molecule has 2 fully saturated rings. The molecule has 0 radical (unpaired) electrons. The summed E-state index contributed by atoms with van der Waals surface area (Å²) >= 11 is 0. The zero-order chi connectivity index (χ0) is 15.6. The van der Waals surface area contributed by atoms with Gasteiger partial charge in [0.15, 0.2) is 0 Å². The van der Waals surface area contributed by atoms with Crippen molar-refractivity contribution in [2.24, 2.45) is 11.8 Å². The van der Waals surface area contributed by atoms with Crippen LogP contribution >= 0.6 is 0 Å². The second kappa shape index (κ2) is 6.29. The normalized spacial score (nSPS) is 30.9. The minimum atomic E-state index is -0.261. The summed E-state index contributed by atoms with van der Waals surface area (Å²) < 4.78 is 11.3. The SMILES string of the molecule is CCOC(=O)N1CC2CCCC(C1)C2(OC)c1ccccc1. The van der Waals surface area contributed by atoms with Gasteiger partial charge in [-0.25, -0.2) is 4.79 Å². The number of carbonyl (C=O) groups is 1. The first kappa shape index (κ1) is 15.3. The fourth-order valence-electron chi connectivity index (χ4n) is 4.42. The number of rotatable bonds is 3. The molecule has 1 saturated carbocycles. The highest BCUT2D eigenvalue weighted by atomic mass is 16.6. The van der Waals surface area contributed by atoms with Crippen LogP contribution in [0.5, 0.6) is 0 Å². The lowest BCUT2D eigenvalue weighted by atomic mass is 9.62. The molecule has 1 aromatic rings. The van der Waals surface area contributed by atoms with Crippen LogP contribution in [0.2, 0.25) is 0 Å². The lowest BCUT2D eigenvalue weighted by Crippen LogP contribution is -2.60. The molecular weight excluding hydrogens is 278 g/mol. The van der Waals surface area contributed by atoms with E-state index in [0.29, 0.717) is 18.4 Å². The number of fused-ring (bicyclic) bond motifs is 2. The Bertz CT molecular complexity index is 502. The number of piperidine rings is 1. The largest absolute Gasteiger partial charge is 0.450 e. The van der Waals surface area contributed by atoms with Gasteiger partial charge in [0.2, 0.25) is 0 Å². The molecule has 1 aliphatic carbocycles. The van der Waals surface area contributed by atoms with Crippen LogP contribution in [0.1, 0.15) is 31.7 Å². The highest BCUT2D eigenvalue weighted by Gasteiger charge is 2.54. The summed E-state index contributed by atoms with van der Waals surface area (Å²) in [7, 11) is 1.82. The van der Waals surface area contributed by atoms with Crippen LogP contribution < -0.4 is 0 Å². The maximum Gasteiger partial charge on any atom is 0.409 e. The van der Waals surface area contributed by atoms with Crippen LogP contribution in [0.3, 0.4) is 0 Å². The maximum atomic E-state index is 12.1. The summed E-state index contributed by atoms with van der Waals surface area (Å²) in [5.74, 6) is 0.661. The molecule has 0 aromatic heterocycles. The number of hydrogen-bond donors (Lipinski definition) is 0. The Morgan fingerprint density at radius 2 is 1.86 bits per heavy atom. The van der Waals surface area contributed by atoms with Crippen LogP contribution in [0.15, 0.2) is 30.3 Å². The van der Waals surface area contributed by atoms with Crippen molar-refractivity contribution in [3.63, 3.8) is 0 Å². The number of methoxy groups -OCH3 is 1. The lowest BCUT2D eigenvalue weighted by Gasteiger charge is -2.55. The fraction of sp³-hybridized carbons (Fsp3) is 0.611. The van der Waals surface area contributed by atoms with Gasteiger partial charge in [-0.2, -0.15) is 0 Å². The van der Waals surface area contributed by atoms with E-state index in [0.717, 1.165) is 25.9 Å². The van der Waals surface area contributed by atoms with Crippen molar-refractivity contribution >= 4 is 6.09 Å². The van der Waals surface area contributed by atoms with Gasteiger partial charge < -0.3 is 14.4 Å². The quantitative estimate of drug-likeness (QED) is 0.859. The zero-order valence-electron chi connectivity index (χ0n) is 13.5. The van der Waals surface area contributed by atoms with Gasteiger partial charge in [-0.05, 0) is 25.3 Å². The first-order valence-corrected chi connectivity index (χ1v) is 8.24. The van der Waals surface area contributed by atoms with Crippen molar-refractivity contribution in [2.75, 3.05) is 26.8 Å². The number of carbonyl (C=O) groups excluding carboxylic acids is 1. The Kier molecular flexibility index (Phi) is 4.39. The molecule has 2 atom stereocenters. The molecule has 2 unspecified atom stereocenters. The summed E-state index contributed by atoms with van der Waals surface area (Å²) in [5.41, 5.74) is 0.985. The van der Waals surface area contributed by atoms with Gasteiger partial charge >= 0.3 is 6.09 Å². The molecule has 120 valence electrons. The zero-order valence-corrected chi connectivity index (χ0v) is 13.5. The van der Waals surface area contributed by atoms with Crippen molar-refractivity contribution in [3.8, 4) is 0 Å². The van der Waals surface area contributed by atoms with Gasteiger partial charge in [-0.1, -0.05) is 36.8 Å². The summed E-state index contributed by atoms with van der Waals surface area (Å²) in [6.45, 7) is 3.72. The predicted octanol–water partition coefficient (Wildman–Crippen LogP) is 3.42. The van der Waals surface area contributed by atoms with E-state index in [9.17, 15) is 4.79 Å². The number of amides is 1. The fourth-order valence-corrected chi connectivity index (χ4v) is 4.42. The smallest absolute Gasteiger partial charge is 0.409 e. The van der Waals surface area contributed by atoms with Crippen molar-refractivity contribution < 1.29 is 14.3 Å². The average Bonchev–Trinajstić information content (AvgIpc) is 2.54. The molecule has 3 rings (SSSR count). The van der Waals surface area contributed by atoms with Crippen molar-refractivity contribution in [1.29, 1.82) is 0 Å². The molecule has 0 spiro atoms. The van der Waals surface area contributed by atoms with Crippen molar-refractivity contribution in [1.82, 2.24) is 4.90 Å². The number of ether oxygens (including phenoxy) is 2. The van der Waals surface area contributed by atoms with E-state index in [4.69, 9.17) is 9.47 Å². The Labute approximate surface area is 132 Å². The van der Waals surface area contributed by atoms with E-state index in [1.54, 1.807) is 0 Å². The van der Waals surface area contributed by atoms with Gasteiger partial charge in [-0.3, -0.25) is 0 Å². The summed E-state index contributed by atoms with van der Waals surface area (Å²) in [6, 6.07) is 10.5. The van der Waals surface area contributed by atoms with Gasteiger partial charge in [0.25, 0.3) is 0 Å². The third kappa shape index (κ3) is 2.39. The molecule has 1 aliphatic heterocycles. The minimum absolute atomic E-state index is 0.183. The highest BCUT2D eigenvalue weighted by Crippen LogP contribution is 2.51. The van der Waals surface area contributed by atoms with Crippen molar-refractivity contribution in [2.45, 2.75) is 31.8 Å². The van der Waals surface area contributed by atoms with E-state index >= 15 is 0 Å². The minimum Gasteiger partial charge on any atom is -0.450 e. The van der Waals surface area contributed by atoms with E-state index < -0.39 is 0 Å². The number of nitrogens with zero attached hydrogens (tertiary/aromatic N) is 1. The standard InChI is InChI=1S/C18H25NO3/c1-3-22-17(20)19-12-15-10-7-11-16(13-19)18(15,21-2)14-8-5-4-6-9-14/h4-6,8-9,15-16H,3,7,10-13H2,1-2H3. The molecule has 1 saturated heterocycles. The van der Waals surface area contributed by atoms with Gasteiger partial charge in [-0.15, -0.1) is 0 Å². The van der Waals surface area contributed by atoms with Crippen LogP contribution in [-0.2, 0) is 15.1 Å². The Hall–Kier alpha value is -1.55. The molecule has 0 N–H and O–H groups in total. The maximum absolute atomic E-state index is 12.1. The number of benzene rings is 1. The summed E-state index contributed by atoms with van der Waals surface area (Å²) in [4.78, 5) is 14.0. The molecule has 2 aliphatic rings. The number of likely N-dealkylation sites (tertiary alicyclic amines) is 1. The van der Waals surface area contributed by atoms with Gasteiger partial charge in [0.05, 0.1) is 6.61 Å². The Morgan fingerprint density at radius 3 is 2.41 bits per heavy atom. The van der Waals surface area contributed by atoms with Gasteiger partial charge in [0.1, 0.15) is 5.60 Å². The monoisotopic (exact) mass is 303 g/mol. The third-order valence-electron chi connectivity index (χ3n) is 5.29. The second-order valence-corrected chi connectivity index (χ2v) is 6.29. The molecule has 4 nitrogen and oxygen atoms in total. The predicted molar refractivity (Wildman–Crippen MR) is 84.6 cm³/mol. The summed E-state index contributed by atoms with van der Waals surface area (Å²) in [5, 5.41) is 0. The Balaban J connectivity index is 1.92. The lowest BCUT2D eigenvalue weighted by molar-refractivity contribution is -0.164. The van der Waals surface area contributed by atoms with E-state index in [1.807, 2.05) is 25.0 Å². The van der Waals surface area contributed by atoms with Crippen LogP contribution in [-0.4, -0.2) is 37.8 Å². The molecule has 22 heavy (non-hydrogen) atoms. The molecule has 1 amide bonds. The number of hydrogen-bond acceptors (Lipinski definition) is 3. The first-order chi connectivity index (χ1) is 10.7. The highest BCUT2D eigenvalue weighted by molar-refractivity contribution is 5.68. The van der Waals surface area contributed by atoms with Crippen LogP contribution in [0, 0.1) is 11.8 Å². The molecule has 4 heteroatoms. The van der Waals surface area contributed by atoms with E-state index in [2.05, 4.69) is 24.3 Å². The van der Waals surface area contributed by atoms with Crippen LogP contribution in [0.4, 0.5) is 4.79 Å². The molecular formula is C18H25NO3. The third-order valence-corrected chi connectivity index (χ3v) is 5.29. The van der Waals surface area contributed by atoms with Gasteiger partial charge in [0, 0.05) is 32.0 Å². The summed E-state index contributed by atoms with van der Waals surface area (Å²) in [6.07, 6.45) is 3.21. The molecule has 1 heterocycles. The second-order valence-electron chi connectivity index (χ2n) is 6.29. The van der Waals surface area contributed by atoms with Crippen LogP contribution in [0.25, 0.3) is 0 Å². The molecule has 1 aromatic carbocycles.